The number of nitrogens with zero attached hydrogens (tertiary/aromatic N) is 1. The van der Waals surface area contributed by atoms with Crippen LogP contribution in [0.4, 0.5) is 5.69 Å². The van der Waals surface area contributed by atoms with Gasteiger partial charge in [0, 0.05) is 19.1 Å². The van der Waals surface area contributed by atoms with Gasteiger partial charge in [-0.1, -0.05) is 25.0 Å². The average Bonchev–Trinajstić information content (AvgIpc) is 2.83. The number of benzene rings is 1. The molecular formula is C15H24N2O. The molecule has 1 aromatic rings. The molecule has 0 spiro atoms. The first-order valence-electron chi connectivity index (χ1n) is 6.78. The lowest BCUT2D eigenvalue weighted by Gasteiger charge is -2.28. The standard InChI is InChI=1S/C15H24N2O/c1-17(12-11-15(16)9-5-6-10-15)13-7-3-4-8-14(13)18-2/h3-4,7-8H,5-6,9-12,16H2,1-2H3. The number of hydrogen-bond donors (Lipinski definition) is 1. The van der Waals surface area contributed by atoms with E-state index in [1.54, 1.807) is 7.11 Å². The first-order chi connectivity index (χ1) is 8.64. The van der Waals surface area contributed by atoms with E-state index in [-0.39, 0.29) is 5.54 Å². The molecule has 0 saturated heterocycles. The molecule has 1 fully saturated rings. The highest BCUT2D eigenvalue weighted by atomic mass is 16.5. The third-order valence-electron chi connectivity index (χ3n) is 4.04. The molecule has 1 saturated carbocycles. The summed E-state index contributed by atoms with van der Waals surface area (Å²) in [5, 5.41) is 0. The lowest BCUT2D eigenvalue weighted by atomic mass is 9.94. The molecule has 0 aromatic heterocycles. The third-order valence-corrected chi connectivity index (χ3v) is 4.04. The van der Waals surface area contributed by atoms with Crippen LogP contribution in [0, 0.1) is 0 Å². The van der Waals surface area contributed by atoms with Crippen molar-refractivity contribution in [3.8, 4) is 5.75 Å². The molecule has 1 aliphatic carbocycles. The normalized spacial score (nSPS) is 17.7. The predicted molar refractivity (Wildman–Crippen MR) is 76.3 cm³/mol. The number of nitrogens with two attached hydrogens (primary N) is 1. The van der Waals surface area contributed by atoms with E-state index in [0.29, 0.717) is 0 Å². The maximum atomic E-state index is 6.40. The van der Waals surface area contributed by atoms with Crippen molar-refractivity contribution in [1.82, 2.24) is 0 Å². The van der Waals surface area contributed by atoms with Crippen LogP contribution >= 0.6 is 0 Å². The minimum atomic E-state index is 0.0657. The van der Waals surface area contributed by atoms with Gasteiger partial charge < -0.3 is 15.4 Å². The Morgan fingerprint density at radius 2 is 1.94 bits per heavy atom. The van der Waals surface area contributed by atoms with Crippen LogP contribution in [0.5, 0.6) is 5.75 Å². The summed E-state index contributed by atoms with van der Waals surface area (Å²) in [6, 6.07) is 8.13. The molecule has 2 N–H and O–H groups in total. The van der Waals surface area contributed by atoms with E-state index in [2.05, 4.69) is 18.0 Å². The number of rotatable bonds is 5. The van der Waals surface area contributed by atoms with Crippen LogP contribution in [0.2, 0.25) is 0 Å². The summed E-state index contributed by atoms with van der Waals surface area (Å²) in [5.41, 5.74) is 7.60. The van der Waals surface area contributed by atoms with Crippen LogP contribution in [0.15, 0.2) is 24.3 Å². The smallest absolute Gasteiger partial charge is 0.142 e. The zero-order valence-corrected chi connectivity index (χ0v) is 11.5. The fraction of sp³-hybridized carbons (Fsp3) is 0.600. The lowest BCUT2D eigenvalue weighted by Crippen LogP contribution is -2.39. The summed E-state index contributed by atoms with van der Waals surface area (Å²) >= 11 is 0. The fourth-order valence-corrected chi connectivity index (χ4v) is 2.79. The Morgan fingerprint density at radius 3 is 2.61 bits per heavy atom. The average molecular weight is 248 g/mol. The van der Waals surface area contributed by atoms with Gasteiger partial charge in [0.05, 0.1) is 12.8 Å². The van der Waals surface area contributed by atoms with Crippen molar-refractivity contribution < 1.29 is 4.74 Å². The minimum Gasteiger partial charge on any atom is -0.495 e. The number of ether oxygens (including phenoxy) is 1. The quantitative estimate of drug-likeness (QED) is 0.871. The summed E-state index contributed by atoms with van der Waals surface area (Å²) in [6.45, 7) is 0.983. The molecule has 100 valence electrons. The predicted octanol–water partition coefficient (Wildman–Crippen LogP) is 2.79. The molecule has 2 rings (SSSR count). The molecule has 0 heterocycles. The lowest BCUT2D eigenvalue weighted by molar-refractivity contribution is 0.402. The van der Waals surface area contributed by atoms with E-state index in [1.807, 2.05) is 18.2 Å². The molecule has 0 aliphatic heterocycles. The summed E-state index contributed by atoms with van der Waals surface area (Å²) in [6.07, 6.45) is 5.98. The molecule has 0 radical (unpaired) electrons. The molecule has 18 heavy (non-hydrogen) atoms. The van der Waals surface area contributed by atoms with Crippen LogP contribution in [-0.2, 0) is 0 Å². The van der Waals surface area contributed by atoms with Gasteiger partial charge in [-0.25, -0.2) is 0 Å². The maximum absolute atomic E-state index is 6.40. The van der Waals surface area contributed by atoms with Crippen molar-refractivity contribution in [2.45, 2.75) is 37.6 Å². The van der Waals surface area contributed by atoms with Gasteiger partial charge in [-0.2, -0.15) is 0 Å². The third kappa shape index (κ3) is 2.96. The maximum Gasteiger partial charge on any atom is 0.142 e. The Kier molecular flexibility index (Phi) is 4.12. The van der Waals surface area contributed by atoms with Crippen molar-refractivity contribution in [2.24, 2.45) is 5.73 Å². The van der Waals surface area contributed by atoms with Crippen LogP contribution in [0.25, 0.3) is 0 Å². The second-order valence-electron chi connectivity index (χ2n) is 5.41. The fourth-order valence-electron chi connectivity index (χ4n) is 2.79. The molecule has 0 bridgehead atoms. The van der Waals surface area contributed by atoms with E-state index in [0.717, 1.165) is 24.4 Å². The van der Waals surface area contributed by atoms with E-state index in [4.69, 9.17) is 10.5 Å². The first kappa shape index (κ1) is 13.2. The van der Waals surface area contributed by atoms with Crippen molar-refractivity contribution in [3.05, 3.63) is 24.3 Å². The van der Waals surface area contributed by atoms with Crippen molar-refractivity contribution in [3.63, 3.8) is 0 Å². The summed E-state index contributed by atoms with van der Waals surface area (Å²) in [4.78, 5) is 2.24. The molecule has 1 aliphatic rings. The van der Waals surface area contributed by atoms with E-state index in [9.17, 15) is 0 Å². The topological polar surface area (TPSA) is 38.5 Å². The van der Waals surface area contributed by atoms with E-state index >= 15 is 0 Å². The summed E-state index contributed by atoms with van der Waals surface area (Å²) in [5.74, 6) is 0.928. The number of anilines is 1. The molecule has 0 amide bonds. The van der Waals surface area contributed by atoms with Gasteiger partial charge in [-0.15, -0.1) is 0 Å². The van der Waals surface area contributed by atoms with Gasteiger partial charge in [0.1, 0.15) is 5.75 Å². The second-order valence-corrected chi connectivity index (χ2v) is 5.41. The summed E-state index contributed by atoms with van der Waals surface area (Å²) in [7, 11) is 3.82. The Balaban J connectivity index is 1.96. The SMILES string of the molecule is COc1ccccc1N(C)CCC1(N)CCCC1. The van der Waals surface area contributed by atoms with Crippen LogP contribution in [0.3, 0.4) is 0 Å². The largest absolute Gasteiger partial charge is 0.495 e. The highest BCUT2D eigenvalue weighted by molar-refractivity contribution is 5.57. The van der Waals surface area contributed by atoms with Gasteiger partial charge in [0.2, 0.25) is 0 Å². The van der Waals surface area contributed by atoms with Crippen LogP contribution in [-0.4, -0.2) is 26.2 Å². The monoisotopic (exact) mass is 248 g/mol. The van der Waals surface area contributed by atoms with Crippen molar-refractivity contribution in [2.75, 3.05) is 25.6 Å². The molecular weight excluding hydrogens is 224 g/mol. The zero-order valence-electron chi connectivity index (χ0n) is 11.5. The van der Waals surface area contributed by atoms with Gasteiger partial charge >= 0.3 is 0 Å². The molecule has 0 atom stereocenters. The van der Waals surface area contributed by atoms with E-state index in [1.165, 1.54) is 25.7 Å². The Labute approximate surface area is 110 Å². The van der Waals surface area contributed by atoms with Crippen molar-refractivity contribution in [1.29, 1.82) is 0 Å². The van der Waals surface area contributed by atoms with Gasteiger partial charge in [-0.05, 0) is 31.4 Å². The first-order valence-corrected chi connectivity index (χ1v) is 6.78. The number of methoxy groups -OCH3 is 1. The van der Waals surface area contributed by atoms with Gasteiger partial charge in [-0.3, -0.25) is 0 Å². The van der Waals surface area contributed by atoms with E-state index < -0.39 is 0 Å². The Hall–Kier alpha value is -1.22. The highest BCUT2D eigenvalue weighted by Crippen LogP contribution is 2.32. The zero-order chi connectivity index (χ0) is 13.0. The van der Waals surface area contributed by atoms with Gasteiger partial charge in [0.15, 0.2) is 0 Å². The molecule has 3 heteroatoms. The van der Waals surface area contributed by atoms with Crippen molar-refractivity contribution >= 4 is 5.69 Å². The van der Waals surface area contributed by atoms with Gasteiger partial charge in [0.25, 0.3) is 0 Å². The number of hydrogen-bond acceptors (Lipinski definition) is 3. The molecule has 1 aromatic carbocycles. The Bertz CT molecular complexity index is 386. The summed E-state index contributed by atoms with van der Waals surface area (Å²) < 4.78 is 5.39. The molecule has 0 unspecified atom stereocenters. The minimum absolute atomic E-state index is 0.0657. The highest BCUT2D eigenvalue weighted by Gasteiger charge is 2.29. The van der Waals surface area contributed by atoms with Crippen LogP contribution < -0.4 is 15.4 Å². The number of para-hydroxylation sites is 2. The Morgan fingerprint density at radius 1 is 1.28 bits per heavy atom. The second kappa shape index (κ2) is 5.61. The van der Waals surface area contributed by atoms with Crippen LogP contribution in [0.1, 0.15) is 32.1 Å². The molecule has 3 nitrogen and oxygen atoms in total.